The third-order valence-electron chi connectivity index (χ3n) is 2.80. The zero-order valence-corrected chi connectivity index (χ0v) is 15.3. The molecule has 0 fully saturated rings. The van der Waals surface area contributed by atoms with E-state index in [1.165, 1.54) is 0 Å². The molecule has 0 aliphatic carbocycles. The molecule has 2 aromatic carbocycles. The molecule has 5 heteroatoms. The van der Waals surface area contributed by atoms with Crippen molar-refractivity contribution in [2.75, 3.05) is 0 Å². The zero-order valence-electron chi connectivity index (χ0n) is 12.5. The van der Waals surface area contributed by atoms with Crippen LogP contribution in [0.4, 0.5) is 0 Å². The normalized spacial score (nSPS) is 9.91. The number of ether oxygens (including phenoxy) is 2. The molecule has 0 spiro atoms. The number of esters is 2. The maximum Gasteiger partial charge on any atom is 0.331 e. The van der Waals surface area contributed by atoms with Crippen LogP contribution < -0.4 is 0 Å². The molecule has 0 atom stereocenters. The van der Waals surface area contributed by atoms with Gasteiger partial charge in [0.15, 0.2) is 0 Å². The molecule has 0 bridgehead atoms. The topological polar surface area (TPSA) is 52.6 Å². The van der Waals surface area contributed by atoms with Crippen LogP contribution in [0.5, 0.6) is 0 Å². The van der Waals surface area contributed by atoms with Crippen LogP contribution in [-0.4, -0.2) is 35.8 Å². The third-order valence-corrected chi connectivity index (χ3v) is 2.80. The summed E-state index contributed by atoms with van der Waals surface area (Å²) in [6.07, 6.45) is 2.13. The Morgan fingerprint density at radius 2 is 1.04 bits per heavy atom. The summed E-state index contributed by atoms with van der Waals surface area (Å²) in [5, 5.41) is 0. The van der Waals surface area contributed by atoms with Crippen LogP contribution >= 0.6 is 0 Å². The van der Waals surface area contributed by atoms with Crippen molar-refractivity contribution in [1.29, 1.82) is 0 Å². The summed E-state index contributed by atoms with van der Waals surface area (Å²) < 4.78 is 10.0. The molecule has 23 heavy (non-hydrogen) atoms. The Labute approximate surface area is 152 Å². The summed E-state index contributed by atoms with van der Waals surface area (Å²) in [4.78, 5) is 23.0. The van der Waals surface area contributed by atoms with E-state index in [0.717, 1.165) is 23.3 Å². The molecule has 116 valence electrons. The van der Waals surface area contributed by atoms with Crippen molar-refractivity contribution >= 4 is 35.8 Å². The summed E-state index contributed by atoms with van der Waals surface area (Å²) in [7, 11) is 0. The standard InChI is InChI=1S/C18H16O4.Sn/c19-17(21-13-15-7-3-1-4-8-15)11-12-18(20)22-14-16-9-5-2-6-10-16;/h1-12H,13-14H2;/b12-11-;. The molecule has 0 unspecified atom stereocenters. The second kappa shape index (κ2) is 10.6. The van der Waals surface area contributed by atoms with Crippen molar-refractivity contribution in [2.45, 2.75) is 13.2 Å². The van der Waals surface area contributed by atoms with Crippen molar-refractivity contribution in [2.24, 2.45) is 0 Å². The average molecular weight is 415 g/mol. The van der Waals surface area contributed by atoms with Gasteiger partial charge in [-0.1, -0.05) is 60.7 Å². The van der Waals surface area contributed by atoms with Gasteiger partial charge >= 0.3 is 11.9 Å². The van der Waals surface area contributed by atoms with Crippen LogP contribution in [0.1, 0.15) is 11.1 Å². The van der Waals surface area contributed by atoms with Crippen molar-refractivity contribution < 1.29 is 19.1 Å². The minimum absolute atomic E-state index is 0. The number of hydrogen-bond acceptors (Lipinski definition) is 4. The monoisotopic (exact) mass is 416 g/mol. The van der Waals surface area contributed by atoms with Crippen molar-refractivity contribution in [3.63, 3.8) is 0 Å². The fourth-order valence-electron chi connectivity index (χ4n) is 1.69. The fourth-order valence-corrected chi connectivity index (χ4v) is 1.69. The largest absolute Gasteiger partial charge is 0.458 e. The van der Waals surface area contributed by atoms with Crippen LogP contribution in [-0.2, 0) is 32.3 Å². The first-order chi connectivity index (χ1) is 10.7. The number of rotatable bonds is 6. The van der Waals surface area contributed by atoms with Gasteiger partial charge in [-0.05, 0) is 11.1 Å². The molecule has 0 aliphatic rings. The average Bonchev–Trinajstić information content (AvgIpc) is 2.58. The van der Waals surface area contributed by atoms with E-state index in [0.29, 0.717) is 0 Å². The predicted molar refractivity (Wildman–Crippen MR) is 87.4 cm³/mol. The Morgan fingerprint density at radius 1 is 0.696 bits per heavy atom. The van der Waals surface area contributed by atoms with Gasteiger partial charge in [0, 0.05) is 36.1 Å². The van der Waals surface area contributed by atoms with Crippen LogP contribution in [0, 0.1) is 0 Å². The summed E-state index contributed by atoms with van der Waals surface area (Å²) in [5.74, 6) is -1.17. The summed E-state index contributed by atoms with van der Waals surface area (Å²) in [6.45, 7) is 0.339. The van der Waals surface area contributed by atoms with Gasteiger partial charge in [-0.3, -0.25) is 0 Å². The van der Waals surface area contributed by atoms with Crippen molar-refractivity contribution in [1.82, 2.24) is 0 Å². The Bertz CT molecular complexity index is 581. The first kappa shape index (κ1) is 19.0. The molecule has 0 saturated carbocycles. The molecule has 0 aliphatic heterocycles. The maximum absolute atomic E-state index is 11.5. The van der Waals surface area contributed by atoms with Gasteiger partial charge in [0.1, 0.15) is 13.2 Å². The quantitative estimate of drug-likeness (QED) is 0.414. The molecular formula is C18H16O4Sn. The van der Waals surface area contributed by atoms with E-state index in [9.17, 15) is 9.59 Å². The maximum atomic E-state index is 11.5. The predicted octanol–water partition coefficient (Wildman–Crippen LogP) is 2.65. The number of carbonyl (C=O) groups is 2. The Morgan fingerprint density at radius 3 is 1.39 bits per heavy atom. The Kier molecular flexibility index (Phi) is 8.75. The van der Waals surface area contributed by atoms with Crippen LogP contribution in [0.15, 0.2) is 72.8 Å². The zero-order chi connectivity index (χ0) is 15.6. The van der Waals surface area contributed by atoms with E-state index in [1.54, 1.807) is 0 Å². The molecule has 0 aromatic heterocycles. The van der Waals surface area contributed by atoms with Gasteiger partial charge in [-0.2, -0.15) is 0 Å². The molecule has 0 N–H and O–H groups in total. The van der Waals surface area contributed by atoms with Crippen LogP contribution in [0.2, 0.25) is 0 Å². The molecule has 0 heterocycles. The molecule has 0 amide bonds. The van der Waals surface area contributed by atoms with Gasteiger partial charge in [0.25, 0.3) is 0 Å². The first-order valence-corrected chi connectivity index (χ1v) is 6.83. The van der Waals surface area contributed by atoms with E-state index < -0.39 is 11.9 Å². The van der Waals surface area contributed by atoms with Gasteiger partial charge in [-0.25, -0.2) is 9.59 Å². The molecule has 2 rings (SSSR count). The second-order valence-corrected chi connectivity index (χ2v) is 4.52. The summed E-state index contributed by atoms with van der Waals surface area (Å²) in [6, 6.07) is 18.6. The Balaban J connectivity index is 0.00000264. The van der Waals surface area contributed by atoms with Gasteiger partial charge in [0.2, 0.25) is 0 Å². The van der Waals surface area contributed by atoms with Crippen LogP contribution in [0.25, 0.3) is 0 Å². The smallest absolute Gasteiger partial charge is 0.331 e. The minimum Gasteiger partial charge on any atom is -0.458 e. The number of hydrogen-bond donors (Lipinski definition) is 0. The van der Waals surface area contributed by atoms with Crippen molar-refractivity contribution in [3.05, 3.63) is 83.9 Å². The van der Waals surface area contributed by atoms with E-state index in [2.05, 4.69) is 0 Å². The first-order valence-electron chi connectivity index (χ1n) is 6.83. The fraction of sp³-hybridized carbons (Fsp3) is 0.111. The summed E-state index contributed by atoms with van der Waals surface area (Å²) >= 11 is 0. The molecule has 4 nitrogen and oxygen atoms in total. The van der Waals surface area contributed by atoms with Crippen LogP contribution in [0.3, 0.4) is 0 Å². The Hall–Kier alpha value is -2.08. The molecule has 4 radical (unpaired) electrons. The minimum atomic E-state index is -0.583. The van der Waals surface area contributed by atoms with E-state index in [1.807, 2.05) is 60.7 Å². The number of benzene rings is 2. The van der Waals surface area contributed by atoms with E-state index in [-0.39, 0.29) is 37.1 Å². The van der Waals surface area contributed by atoms with Gasteiger partial charge < -0.3 is 9.47 Å². The van der Waals surface area contributed by atoms with E-state index in [4.69, 9.17) is 9.47 Å². The third kappa shape index (κ3) is 7.65. The van der Waals surface area contributed by atoms with Gasteiger partial charge in [0.05, 0.1) is 0 Å². The molecule has 2 aromatic rings. The SMILES string of the molecule is O=C(/C=C\C(=O)OCc1ccccc1)OCc1ccccc1.[Sn]. The van der Waals surface area contributed by atoms with E-state index >= 15 is 0 Å². The number of carbonyl (C=O) groups excluding carboxylic acids is 2. The van der Waals surface area contributed by atoms with Crippen molar-refractivity contribution in [3.8, 4) is 0 Å². The molecule has 0 saturated heterocycles. The second-order valence-electron chi connectivity index (χ2n) is 4.52. The molecular weight excluding hydrogens is 399 g/mol. The summed E-state index contributed by atoms with van der Waals surface area (Å²) in [5.41, 5.74) is 1.77. The van der Waals surface area contributed by atoms with Gasteiger partial charge in [-0.15, -0.1) is 0 Å².